The lowest BCUT2D eigenvalue weighted by Crippen LogP contribution is -2.27. The first kappa shape index (κ1) is 20.2. The zero-order chi connectivity index (χ0) is 20.8. The van der Waals surface area contributed by atoms with Crippen LogP contribution in [0.15, 0.2) is 72.0 Å². The Hall–Kier alpha value is -3.06. The van der Waals surface area contributed by atoms with E-state index in [1.807, 2.05) is 41.0 Å². The molecule has 6 nitrogen and oxygen atoms in total. The molecule has 2 aromatic heterocycles. The Morgan fingerprint density at radius 2 is 1.83 bits per heavy atom. The van der Waals surface area contributed by atoms with Gasteiger partial charge in [0.05, 0.1) is 5.75 Å². The second kappa shape index (κ2) is 9.63. The molecule has 0 aliphatic heterocycles. The van der Waals surface area contributed by atoms with Gasteiger partial charge in [-0.2, -0.15) is 0 Å². The summed E-state index contributed by atoms with van der Waals surface area (Å²) in [5.74, 6) is 1.18. The summed E-state index contributed by atoms with van der Waals surface area (Å²) in [5, 5.41) is 13.6. The molecular weight excluding hydrogens is 394 g/mol. The molecule has 154 valence electrons. The molecule has 1 amide bonds. The van der Waals surface area contributed by atoms with E-state index in [1.165, 1.54) is 22.7 Å². The highest BCUT2D eigenvalue weighted by atomic mass is 32.2. The Labute approximate surface area is 180 Å². The number of hydrogen-bond donors (Lipinski definition) is 1. The van der Waals surface area contributed by atoms with Gasteiger partial charge >= 0.3 is 0 Å². The molecule has 0 fully saturated rings. The first-order valence-electron chi connectivity index (χ1n) is 10.2. The molecule has 0 saturated heterocycles. The fourth-order valence-corrected chi connectivity index (χ4v) is 4.31. The second-order valence-electron chi connectivity index (χ2n) is 6.98. The van der Waals surface area contributed by atoms with Crippen LogP contribution in [-0.4, -0.2) is 37.5 Å². The maximum atomic E-state index is 12.3. The van der Waals surface area contributed by atoms with Gasteiger partial charge in [0.1, 0.15) is 0 Å². The van der Waals surface area contributed by atoms with Gasteiger partial charge in [0, 0.05) is 36.9 Å². The van der Waals surface area contributed by atoms with Crippen LogP contribution in [0.25, 0.3) is 22.3 Å². The van der Waals surface area contributed by atoms with Crippen LogP contribution < -0.4 is 5.32 Å². The largest absolute Gasteiger partial charge is 0.355 e. The molecule has 0 unspecified atom stereocenters. The highest BCUT2D eigenvalue weighted by molar-refractivity contribution is 7.99. The van der Waals surface area contributed by atoms with E-state index < -0.39 is 0 Å². The Morgan fingerprint density at radius 3 is 2.67 bits per heavy atom. The molecule has 30 heavy (non-hydrogen) atoms. The lowest BCUT2D eigenvalue weighted by atomic mass is 10.2. The van der Waals surface area contributed by atoms with Gasteiger partial charge < -0.3 is 14.5 Å². The molecule has 2 heterocycles. The second-order valence-corrected chi connectivity index (χ2v) is 7.92. The van der Waals surface area contributed by atoms with E-state index in [1.54, 1.807) is 0 Å². The Kier molecular flexibility index (Phi) is 6.49. The van der Waals surface area contributed by atoms with E-state index in [4.69, 9.17) is 0 Å². The molecule has 4 aromatic rings. The Bertz CT molecular complexity index is 1120. The maximum absolute atomic E-state index is 12.3. The van der Waals surface area contributed by atoms with Crippen molar-refractivity contribution in [3.63, 3.8) is 0 Å². The van der Waals surface area contributed by atoms with Crippen molar-refractivity contribution in [2.24, 2.45) is 0 Å². The van der Waals surface area contributed by atoms with E-state index in [-0.39, 0.29) is 5.91 Å². The minimum Gasteiger partial charge on any atom is -0.355 e. The highest BCUT2D eigenvalue weighted by Gasteiger charge is 2.14. The van der Waals surface area contributed by atoms with Gasteiger partial charge in [-0.25, -0.2) is 0 Å². The molecule has 1 N–H and O–H groups in total. The van der Waals surface area contributed by atoms with Crippen molar-refractivity contribution in [2.45, 2.75) is 31.6 Å². The van der Waals surface area contributed by atoms with Crippen molar-refractivity contribution >= 4 is 28.6 Å². The van der Waals surface area contributed by atoms with Crippen molar-refractivity contribution in [1.82, 2.24) is 24.6 Å². The van der Waals surface area contributed by atoms with Gasteiger partial charge in [0.15, 0.2) is 11.0 Å². The molecule has 0 atom stereocenters. The molecule has 0 aliphatic rings. The molecule has 0 aliphatic carbocycles. The number of hydrogen-bond acceptors (Lipinski definition) is 4. The average molecular weight is 420 g/mol. The monoisotopic (exact) mass is 419 g/mol. The number of thioether (sulfide) groups is 1. The van der Waals surface area contributed by atoms with Crippen molar-refractivity contribution in [3.8, 4) is 11.4 Å². The third-order valence-corrected chi connectivity index (χ3v) is 5.94. The van der Waals surface area contributed by atoms with Gasteiger partial charge in [-0.15, -0.1) is 10.2 Å². The summed E-state index contributed by atoms with van der Waals surface area (Å²) in [5.41, 5.74) is 2.26. The summed E-state index contributed by atoms with van der Waals surface area (Å²) < 4.78 is 4.27. The van der Waals surface area contributed by atoms with Crippen LogP contribution in [0, 0.1) is 0 Å². The van der Waals surface area contributed by atoms with Crippen molar-refractivity contribution in [3.05, 3.63) is 66.9 Å². The number of nitrogens with zero attached hydrogens (tertiary/aromatic N) is 4. The fraction of sp³-hybridized carbons (Fsp3) is 0.261. The Balaban J connectivity index is 1.26. The first-order valence-corrected chi connectivity index (χ1v) is 11.2. The summed E-state index contributed by atoms with van der Waals surface area (Å²) in [6.07, 6.45) is 2.99. The number of carbonyl (C=O) groups excluding carboxylic acids is 1. The lowest BCUT2D eigenvalue weighted by Gasteiger charge is -2.08. The maximum Gasteiger partial charge on any atom is 0.230 e. The molecule has 4 rings (SSSR count). The number of fused-ring (bicyclic) bond motifs is 1. The van der Waals surface area contributed by atoms with Gasteiger partial charge in [0.25, 0.3) is 0 Å². The summed E-state index contributed by atoms with van der Waals surface area (Å²) in [6, 6.07) is 20.5. The summed E-state index contributed by atoms with van der Waals surface area (Å²) in [4.78, 5) is 12.3. The summed E-state index contributed by atoms with van der Waals surface area (Å²) in [6.45, 7) is 4.35. The van der Waals surface area contributed by atoms with Crippen LogP contribution in [0.1, 0.15) is 13.3 Å². The fourth-order valence-electron chi connectivity index (χ4n) is 3.48. The molecular formula is C23H25N5OS. The minimum atomic E-state index is 0.0179. The van der Waals surface area contributed by atoms with Crippen LogP contribution in [0.5, 0.6) is 0 Å². The van der Waals surface area contributed by atoms with Gasteiger partial charge in [-0.1, -0.05) is 60.3 Å². The van der Waals surface area contributed by atoms with Crippen LogP contribution in [-0.2, 0) is 17.9 Å². The summed E-state index contributed by atoms with van der Waals surface area (Å²) >= 11 is 1.42. The van der Waals surface area contributed by atoms with E-state index in [0.29, 0.717) is 12.3 Å². The van der Waals surface area contributed by atoms with E-state index in [0.717, 1.165) is 36.1 Å². The molecule has 2 aromatic carbocycles. The number of aromatic nitrogens is 4. The van der Waals surface area contributed by atoms with E-state index in [9.17, 15) is 4.79 Å². The van der Waals surface area contributed by atoms with Crippen LogP contribution in [0.2, 0.25) is 0 Å². The molecule has 0 radical (unpaired) electrons. The highest BCUT2D eigenvalue weighted by Crippen LogP contribution is 2.23. The number of amides is 1. The van der Waals surface area contributed by atoms with Gasteiger partial charge in [0.2, 0.25) is 5.91 Å². The third-order valence-electron chi connectivity index (χ3n) is 4.98. The Morgan fingerprint density at radius 1 is 1.03 bits per heavy atom. The van der Waals surface area contributed by atoms with Crippen LogP contribution in [0.4, 0.5) is 0 Å². The third kappa shape index (κ3) is 4.57. The van der Waals surface area contributed by atoms with Gasteiger partial charge in [-0.05, 0) is 30.9 Å². The standard InChI is InChI=1S/C23H25N5OS/c1-2-28-22(19-10-4-3-5-11-19)25-26-23(28)30-17-21(29)24-14-8-15-27-16-13-18-9-6-7-12-20(18)27/h3-7,9-13,16H,2,8,14-15,17H2,1H3,(H,24,29). The van der Waals surface area contributed by atoms with Crippen LogP contribution >= 0.6 is 11.8 Å². The lowest BCUT2D eigenvalue weighted by molar-refractivity contribution is -0.118. The van der Waals surface area contributed by atoms with Crippen molar-refractivity contribution in [1.29, 1.82) is 0 Å². The molecule has 0 saturated carbocycles. The quantitative estimate of drug-likeness (QED) is 0.326. The normalized spacial score (nSPS) is 11.1. The zero-order valence-corrected chi connectivity index (χ0v) is 17.8. The summed E-state index contributed by atoms with van der Waals surface area (Å²) in [7, 11) is 0. The van der Waals surface area contributed by atoms with E-state index >= 15 is 0 Å². The minimum absolute atomic E-state index is 0.0179. The number of para-hydroxylation sites is 1. The van der Waals surface area contributed by atoms with Crippen molar-refractivity contribution in [2.75, 3.05) is 12.3 Å². The average Bonchev–Trinajstić information content (AvgIpc) is 3.39. The number of nitrogens with one attached hydrogen (secondary N) is 1. The number of rotatable bonds is 9. The first-order chi connectivity index (χ1) is 14.8. The predicted molar refractivity (Wildman–Crippen MR) is 121 cm³/mol. The van der Waals surface area contributed by atoms with E-state index in [2.05, 4.69) is 57.5 Å². The smallest absolute Gasteiger partial charge is 0.230 e. The zero-order valence-electron chi connectivity index (χ0n) is 17.0. The molecule has 0 spiro atoms. The SMILES string of the molecule is CCn1c(SCC(=O)NCCCn2ccc3ccccc32)nnc1-c1ccccc1. The molecule has 7 heteroatoms. The number of benzene rings is 2. The topological polar surface area (TPSA) is 64.7 Å². The number of carbonyl (C=O) groups is 1. The number of aryl methyl sites for hydroxylation is 1. The molecule has 0 bridgehead atoms. The predicted octanol–water partition coefficient (Wildman–Crippen LogP) is 4.22. The van der Waals surface area contributed by atoms with Crippen molar-refractivity contribution < 1.29 is 4.79 Å². The van der Waals surface area contributed by atoms with Gasteiger partial charge in [-0.3, -0.25) is 4.79 Å². The van der Waals surface area contributed by atoms with Crippen LogP contribution in [0.3, 0.4) is 0 Å².